The highest BCUT2D eigenvalue weighted by Gasteiger charge is 2.23. The van der Waals surface area contributed by atoms with Crippen molar-refractivity contribution < 1.29 is 27.1 Å². The van der Waals surface area contributed by atoms with Crippen molar-refractivity contribution in [2.75, 3.05) is 25.5 Å². The summed E-state index contributed by atoms with van der Waals surface area (Å²) < 4.78 is 52.7. The van der Waals surface area contributed by atoms with Crippen LogP contribution in [-0.4, -0.2) is 35.1 Å². The number of rotatable bonds is 8. The maximum atomic E-state index is 13.8. The largest absolute Gasteiger partial charge is 0.493 e. The van der Waals surface area contributed by atoms with Crippen molar-refractivity contribution in [2.24, 2.45) is 0 Å². The second-order valence-corrected chi connectivity index (χ2v) is 7.72. The fourth-order valence-corrected chi connectivity index (χ4v) is 4.03. The number of methoxy groups -OCH3 is 2. The highest BCUT2D eigenvalue weighted by atomic mass is 32.2. The van der Waals surface area contributed by atoms with Crippen LogP contribution >= 0.6 is 0 Å². The Hall–Kier alpha value is -2.81. The number of hydrogen-bond acceptors (Lipinski definition) is 5. The van der Waals surface area contributed by atoms with Crippen molar-refractivity contribution in [3.63, 3.8) is 0 Å². The zero-order chi connectivity index (χ0) is 20.9. The van der Waals surface area contributed by atoms with E-state index in [0.29, 0.717) is 11.3 Å². The van der Waals surface area contributed by atoms with Gasteiger partial charge in [-0.1, -0.05) is 6.07 Å². The molecule has 152 valence electrons. The smallest absolute Gasteiger partial charge is 0.262 e. The lowest BCUT2D eigenvalue weighted by Crippen LogP contribution is -2.24. The molecule has 2 rings (SSSR count). The number of nitrogens with one attached hydrogen (secondary N) is 2. The molecule has 0 aromatic heterocycles. The topological polar surface area (TPSA) is 93.7 Å². The van der Waals surface area contributed by atoms with Crippen LogP contribution in [0.15, 0.2) is 35.2 Å². The maximum absolute atomic E-state index is 13.8. The van der Waals surface area contributed by atoms with Gasteiger partial charge in [0.1, 0.15) is 5.82 Å². The maximum Gasteiger partial charge on any atom is 0.262 e. The van der Waals surface area contributed by atoms with E-state index in [1.54, 1.807) is 6.07 Å². The van der Waals surface area contributed by atoms with Gasteiger partial charge >= 0.3 is 0 Å². The molecule has 0 aliphatic rings. The van der Waals surface area contributed by atoms with Crippen molar-refractivity contribution in [1.82, 2.24) is 5.32 Å². The molecule has 7 nitrogen and oxygen atoms in total. The summed E-state index contributed by atoms with van der Waals surface area (Å²) in [5.74, 6) is -0.139. The molecule has 0 spiro atoms. The van der Waals surface area contributed by atoms with Gasteiger partial charge in [0.2, 0.25) is 5.91 Å². The van der Waals surface area contributed by atoms with Gasteiger partial charge in [-0.25, -0.2) is 12.8 Å². The standard InChI is InChI=1S/C19H23FN2O5S/c1-12-15(20)6-5-7-16(12)22-28(24,25)19-11-18(27-4)17(26-3)10-14(19)8-9-21-13(2)23/h5-7,10-11,22H,8-9H2,1-4H3,(H,21,23). The van der Waals surface area contributed by atoms with Gasteiger partial charge in [-0.05, 0) is 37.1 Å². The van der Waals surface area contributed by atoms with E-state index < -0.39 is 15.8 Å². The van der Waals surface area contributed by atoms with E-state index in [4.69, 9.17) is 9.47 Å². The van der Waals surface area contributed by atoms with Gasteiger partial charge in [-0.2, -0.15) is 0 Å². The number of ether oxygens (including phenoxy) is 2. The summed E-state index contributed by atoms with van der Waals surface area (Å²) in [6.07, 6.45) is 0.248. The number of halogens is 1. The number of sulfonamides is 1. The monoisotopic (exact) mass is 410 g/mol. The lowest BCUT2D eigenvalue weighted by molar-refractivity contribution is -0.118. The van der Waals surface area contributed by atoms with Gasteiger partial charge in [-0.15, -0.1) is 0 Å². The number of anilines is 1. The SMILES string of the molecule is COc1cc(CCNC(C)=O)c(S(=O)(=O)Nc2cccc(F)c2C)cc1OC. The summed E-state index contributed by atoms with van der Waals surface area (Å²) in [6.45, 7) is 3.10. The minimum atomic E-state index is -4.06. The summed E-state index contributed by atoms with van der Waals surface area (Å²) in [7, 11) is -1.22. The second-order valence-electron chi connectivity index (χ2n) is 6.07. The lowest BCUT2D eigenvalue weighted by Gasteiger charge is -2.17. The Labute approximate surface area is 163 Å². The first-order chi connectivity index (χ1) is 13.2. The van der Waals surface area contributed by atoms with Crippen LogP contribution in [0.4, 0.5) is 10.1 Å². The molecular weight excluding hydrogens is 387 g/mol. The van der Waals surface area contributed by atoms with Gasteiger partial charge in [-0.3, -0.25) is 9.52 Å². The Morgan fingerprint density at radius 1 is 1.14 bits per heavy atom. The van der Waals surface area contributed by atoms with Crippen molar-refractivity contribution >= 4 is 21.6 Å². The molecule has 0 heterocycles. The van der Waals surface area contributed by atoms with Crippen LogP contribution in [0.25, 0.3) is 0 Å². The minimum Gasteiger partial charge on any atom is -0.493 e. The van der Waals surface area contributed by atoms with E-state index in [2.05, 4.69) is 10.0 Å². The number of carbonyl (C=O) groups is 1. The molecule has 0 unspecified atom stereocenters. The molecule has 9 heteroatoms. The number of hydrogen-bond donors (Lipinski definition) is 2. The van der Waals surface area contributed by atoms with Crippen LogP contribution in [0.1, 0.15) is 18.1 Å². The van der Waals surface area contributed by atoms with Crippen molar-refractivity contribution in [3.05, 3.63) is 47.3 Å². The Morgan fingerprint density at radius 2 is 1.79 bits per heavy atom. The highest BCUT2D eigenvalue weighted by Crippen LogP contribution is 2.34. The Bertz CT molecular complexity index is 977. The van der Waals surface area contributed by atoms with Gasteiger partial charge in [0.05, 0.1) is 24.8 Å². The van der Waals surface area contributed by atoms with Crippen LogP contribution < -0.4 is 19.5 Å². The van der Waals surface area contributed by atoms with Crippen LogP contribution in [-0.2, 0) is 21.2 Å². The van der Waals surface area contributed by atoms with E-state index in [1.807, 2.05) is 0 Å². The Kier molecular flexibility index (Phi) is 6.85. The first-order valence-corrected chi connectivity index (χ1v) is 9.95. The molecule has 28 heavy (non-hydrogen) atoms. The molecule has 0 aliphatic carbocycles. The van der Waals surface area contributed by atoms with Gasteiger partial charge in [0.15, 0.2) is 11.5 Å². The fourth-order valence-electron chi connectivity index (χ4n) is 2.64. The molecule has 1 amide bonds. The highest BCUT2D eigenvalue weighted by molar-refractivity contribution is 7.92. The molecule has 0 fully saturated rings. The zero-order valence-electron chi connectivity index (χ0n) is 16.1. The minimum absolute atomic E-state index is 0.0424. The van der Waals surface area contributed by atoms with Crippen LogP contribution in [0.2, 0.25) is 0 Å². The van der Waals surface area contributed by atoms with E-state index >= 15 is 0 Å². The molecule has 0 bridgehead atoms. The second kappa shape index (κ2) is 8.92. The molecule has 0 saturated heterocycles. The predicted molar refractivity (Wildman–Crippen MR) is 104 cm³/mol. The zero-order valence-corrected chi connectivity index (χ0v) is 16.9. The van der Waals surface area contributed by atoms with E-state index in [1.165, 1.54) is 52.3 Å². The Morgan fingerprint density at radius 3 is 2.39 bits per heavy atom. The van der Waals surface area contributed by atoms with Crippen molar-refractivity contribution in [2.45, 2.75) is 25.2 Å². The van der Waals surface area contributed by atoms with Crippen molar-refractivity contribution in [1.29, 1.82) is 0 Å². The van der Waals surface area contributed by atoms with Crippen LogP contribution in [0.3, 0.4) is 0 Å². The Balaban J connectivity index is 2.49. The summed E-state index contributed by atoms with van der Waals surface area (Å²) >= 11 is 0. The number of benzene rings is 2. The molecule has 2 aromatic rings. The van der Waals surface area contributed by atoms with E-state index in [0.717, 1.165) is 0 Å². The third-order valence-corrected chi connectivity index (χ3v) is 5.58. The summed E-state index contributed by atoms with van der Waals surface area (Å²) in [6, 6.07) is 7.05. The third kappa shape index (κ3) is 4.92. The predicted octanol–water partition coefficient (Wildman–Crippen LogP) is 2.63. The average Bonchev–Trinajstić information content (AvgIpc) is 2.64. The lowest BCUT2D eigenvalue weighted by atomic mass is 10.1. The summed E-state index contributed by atoms with van der Waals surface area (Å²) in [5.41, 5.74) is 0.752. The summed E-state index contributed by atoms with van der Waals surface area (Å²) in [5, 5.41) is 2.63. The molecule has 0 saturated carbocycles. The molecule has 2 aromatic carbocycles. The molecule has 0 aliphatic heterocycles. The summed E-state index contributed by atoms with van der Waals surface area (Å²) in [4.78, 5) is 11.1. The molecule has 0 atom stereocenters. The number of carbonyl (C=O) groups excluding carboxylic acids is 1. The first kappa shape index (κ1) is 21.5. The van der Waals surface area contributed by atoms with Gasteiger partial charge in [0, 0.05) is 25.1 Å². The third-order valence-electron chi connectivity index (χ3n) is 4.14. The normalized spacial score (nSPS) is 11.0. The molecule has 2 N–H and O–H groups in total. The van der Waals surface area contributed by atoms with E-state index in [9.17, 15) is 17.6 Å². The molecule has 0 radical (unpaired) electrons. The van der Waals surface area contributed by atoms with Gasteiger partial charge in [0.25, 0.3) is 10.0 Å². The van der Waals surface area contributed by atoms with Crippen molar-refractivity contribution in [3.8, 4) is 11.5 Å². The molecular formula is C19H23FN2O5S. The first-order valence-electron chi connectivity index (χ1n) is 8.47. The fraction of sp³-hybridized carbons (Fsp3) is 0.316. The van der Waals surface area contributed by atoms with Gasteiger partial charge < -0.3 is 14.8 Å². The average molecular weight is 410 g/mol. The van der Waals surface area contributed by atoms with Crippen LogP contribution in [0, 0.1) is 12.7 Å². The quantitative estimate of drug-likeness (QED) is 0.698. The number of amides is 1. The van der Waals surface area contributed by atoms with E-state index in [-0.39, 0.29) is 40.8 Å². The van der Waals surface area contributed by atoms with Crippen LogP contribution in [0.5, 0.6) is 11.5 Å².